The standard InChI is InChI=1S/C19H21ClN6O/c1-11(8-23-27)21-9-14-7-17-18(22-10-14)19(25-13(3)24-17)26-16-6-4-5-15(20)12(16)2/h4-7,10-11,21H,8-9H2,1-3H3,(H,24,25,26). The van der Waals surface area contributed by atoms with Crippen LogP contribution in [0.5, 0.6) is 0 Å². The zero-order valence-electron chi connectivity index (χ0n) is 15.5. The normalized spacial score (nSPS) is 12.1. The van der Waals surface area contributed by atoms with E-state index in [1.165, 1.54) is 0 Å². The molecule has 0 aliphatic carbocycles. The number of fused-ring (bicyclic) bond motifs is 1. The third-order valence-corrected chi connectivity index (χ3v) is 4.64. The van der Waals surface area contributed by atoms with Crippen LogP contribution in [0.15, 0.2) is 35.6 Å². The van der Waals surface area contributed by atoms with E-state index in [9.17, 15) is 4.91 Å². The summed E-state index contributed by atoms with van der Waals surface area (Å²) < 4.78 is 0. The first kappa shape index (κ1) is 19.1. The van der Waals surface area contributed by atoms with Gasteiger partial charge in [-0.3, -0.25) is 4.98 Å². The first-order chi connectivity index (χ1) is 13.0. The van der Waals surface area contributed by atoms with Crippen LogP contribution in [-0.2, 0) is 6.54 Å². The molecule has 0 bridgehead atoms. The largest absolute Gasteiger partial charge is 0.338 e. The van der Waals surface area contributed by atoms with Gasteiger partial charge in [-0.2, -0.15) is 4.91 Å². The van der Waals surface area contributed by atoms with Crippen LogP contribution >= 0.6 is 11.6 Å². The molecule has 2 aromatic heterocycles. The van der Waals surface area contributed by atoms with E-state index in [1.54, 1.807) is 6.20 Å². The smallest absolute Gasteiger partial charge is 0.160 e. The van der Waals surface area contributed by atoms with Crippen LogP contribution < -0.4 is 10.6 Å². The Labute approximate surface area is 162 Å². The highest BCUT2D eigenvalue weighted by atomic mass is 35.5. The Hall–Kier alpha value is -2.64. The molecule has 140 valence electrons. The summed E-state index contributed by atoms with van der Waals surface area (Å²) in [6.07, 6.45) is 1.78. The molecule has 0 saturated carbocycles. The second-order valence-corrected chi connectivity index (χ2v) is 6.87. The van der Waals surface area contributed by atoms with Gasteiger partial charge in [0.2, 0.25) is 0 Å². The summed E-state index contributed by atoms with van der Waals surface area (Å²) in [6, 6.07) is 7.67. The van der Waals surface area contributed by atoms with E-state index in [2.05, 4.69) is 30.8 Å². The highest BCUT2D eigenvalue weighted by Gasteiger charge is 2.11. The van der Waals surface area contributed by atoms with Crippen LogP contribution in [0.4, 0.5) is 11.5 Å². The molecule has 0 amide bonds. The van der Waals surface area contributed by atoms with Gasteiger partial charge in [-0.05, 0) is 50.1 Å². The van der Waals surface area contributed by atoms with Crippen molar-refractivity contribution in [3.63, 3.8) is 0 Å². The summed E-state index contributed by atoms with van der Waals surface area (Å²) in [5.74, 6) is 1.29. The molecule has 1 atom stereocenters. The predicted octanol–water partition coefficient (Wildman–Crippen LogP) is 4.28. The molecule has 1 aromatic carbocycles. The van der Waals surface area contributed by atoms with Crippen molar-refractivity contribution >= 4 is 34.1 Å². The van der Waals surface area contributed by atoms with Gasteiger partial charge in [-0.1, -0.05) is 22.8 Å². The highest BCUT2D eigenvalue weighted by molar-refractivity contribution is 6.31. The van der Waals surface area contributed by atoms with Crippen LogP contribution in [0.25, 0.3) is 11.0 Å². The van der Waals surface area contributed by atoms with Crippen molar-refractivity contribution in [3.8, 4) is 0 Å². The van der Waals surface area contributed by atoms with E-state index < -0.39 is 0 Å². The molecule has 0 saturated heterocycles. The van der Waals surface area contributed by atoms with Crippen LogP contribution in [0.3, 0.4) is 0 Å². The first-order valence-corrected chi connectivity index (χ1v) is 9.03. The first-order valence-electron chi connectivity index (χ1n) is 8.66. The number of hydrogen-bond donors (Lipinski definition) is 2. The van der Waals surface area contributed by atoms with Crippen molar-refractivity contribution in [2.75, 3.05) is 11.9 Å². The maximum absolute atomic E-state index is 10.3. The number of rotatable bonds is 7. The Balaban J connectivity index is 1.90. The molecule has 2 heterocycles. The number of aryl methyl sites for hydroxylation is 1. The molecule has 27 heavy (non-hydrogen) atoms. The van der Waals surface area contributed by atoms with Gasteiger partial charge in [-0.25, -0.2) is 9.97 Å². The second kappa shape index (κ2) is 8.37. The Kier molecular flexibility index (Phi) is 5.93. The molecule has 3 rings (SSSR count). The number of pyridine rings is 1. The van der Waals surface area contributed by atoms with Crippen LogP contribution in [0.2, 0.25) is 5.02 Å². The van der Waals surface area contributed by atoms with Gasteiger partial charge in [0, 0.05) is 29.5 Å². The Morgan fingerprint density at radius 2 is 2.07 bits per heavy atom. The van der Waals surface area contributed by atoms with Gasteiger partial charge in [-0.15, -0.1) is 0 Å². The SMILES string of the molecule is Cc1nc(Nc2cccc(Cl)c2C)c2ncc(CNC(C)CN=O)cc2n1. The molecule has 3 aromatic rings. The summed E-state index contributed by atoms with van der Waals surface area (Å²) in [6.45, 7) is 6.53. The van der Waals surface area contributed by atoms with E-state index in [-0.39, 0.29) is 12.6 Å². The van der Waals surface area contributed by atoms with Crippen molar-refractivity contribution in [2.24, 2.45) is 5.18 Å². The molecular weight excluding hydrogens is 364 g/mol. The molecule has 2 N–H and O–H groups in total. The van der Waals surface area contributed by atoms with E-state index >= 15 is 0 Å². The second-order valence-electron chi connectivity index (χ2n) is 6.46. The van der Waals surface area contributed by atoms with Crippen LogP contribution in [-0.4, -0.2) is 27.5 Å². The number of halogens is 1. The lowest BCUT2D eigenvalue weighted by Crippen LogP contribution is -2.27. The van der Waals surface area contributed by atoms with Crippen molar-refractivity contribution in [3.05, 3.63) is 57.3 Å². The molecule has 0 aliphatic heterocycles. The average Bonchev–Trinajstić information content (AvgIpc) is 2.63. The minimum absolute atomic E-state index is 0.00774. The van der Waals surface area contributed by atoms with E-state index in [0.717, 1.165) is 22.3 Å². The van der Waals surface area contributed by atoms with Gasteiger partial charge in [0.25, 0.3) is 0 Å². The minimum atomic E-state index is 0.00774. The summed E-state index contributed by atoms with van der Waals surface area (Å²) in [5.41, 5.74) is 4.24. The fourth-order valence-electron chi connectivity index (χ4n) is 2.70. The minimum Gasteiger partial charge on any atom is -0.338 e. The predicted molar refractivity (Wildman–Crippen MR) is 109 cm³/mol. The lowest BCUT2D eigenvalue weighted by atomic mass is 10.2. The van der Waals surface area contributed by atoms with Crippen molar-refractivity contribution < 1.29 is 0 Å². The summed E-state index contributed by atoms with van der Waals surface area (Å²) in [7, 11) is 0. The maximum Gasteiger partial charge on any atom is 0.160 e. The maximum atomic E-state index is 10.3. The number of hydrogen-bond acceptors (Lipinski definition) is 7. The molecular formula is C19H21ClN6O. The fraction of sp³-hybridized carbons (Fsp3) is 0.316. The number of nitrogens with one attached hydrogen (secondary N) is 2. The summed E-state index contributed by atoms with van der Waals surface area (Å²) >= 11 is 6.21. The molecule has 0 fully saturated rings. The van der Waals surface area contributed by atoms with Gasteiger partial charge in [0.15, 0.2) is 5.82 Å². The fourth-order valence-corrected chi connectivity index (χ4v) is 2.87. The lowest BCUT2D eigenvalue weighted by Gasteiger charge is -2.13. The van der Waals surface area contributed by atoms with Crippen molar-refractivity contribution in [1.82, 2.24) is 20.3 Å². The van der Waals surface area contributed by atoms with Crippen molar-refractivity contribution in [2.45, 2.75) is 33.4 Å². The monoisotopic (exact) mass is 384 g/mol. The number of anilines is 2. The molecule has 8 heteroatoms. The van der Waals surface area contributed by atoms with Gasteiger partial charge in [0.1, 0.15) is 11.3 Å². The quantitative estimate of drug-likeness (QED) is 0.590. The number of aromatic nitrogens is 3. The van der Waals surface area contributed by atoms with E-state index in [0.29, 0.717) is 28.7 Å². The average molecular weight is 385 g/mol. The number of benzene rings is 1. The zero-order valence-corrected chi connectivity index (χ0v) is 16.2. The van der Waals surface area contributed by atoms with Gasteiger partial charge in [0.05, 0.1) is 12.1 Å². The third kappa shape index (κ3) is 4.56. The van der Waals surface area contributed by atoms with Crippen molar-refractivity contribution in [1.29, 1.82) is 0 Å². The molecule has 0 radical (unpaired) electrons. The zero-order chi connectivity index (χ0) is 19.4. The Morgan fingerprint density at radius 1 is 1.26 bits per heavy atom. The number of nitroso groups, excluding NO2 is 1. The molecule has 7 nitrogen and oxygen atoms in total. The summed E-state index contributed by atoms with van der Waals surface area (Å²) in [5, 5.41) is 10.2. The lowest BCUT2D eigenvalue weighted by molar-refractivity contribution is 0.555. The van der Waals surface area contributed by atoms with Gasteiger partial charge >= 0.3 is 0 Å². The third-order valence-electron chi connectivity index (χ3n) is 4.23. The van der Waals surface area contributed by atoms with Crippen LogP contribution in [0.1, 0.15) is 23.9 Å². The molecule has 1 unspecified atom stereocenters. The summed E-state index contributed by atoms with van der Waals surface area (Å²) in [4.78, 5) is 23.9. The topological polar surface area (TPSA) is 92.2 Å². The molecule has 0 aliphatic rings. The van der Waals surface area contributed by atoms with E-state index in [4.69, 9.17) is 11.6 Å². The van der Waals surface area contributed by atoms with E-state index in [1.807, 2.05) is 45.0 Å². The Bertz CT molecular complexity index is 978. The van der Waals surface area contributed by atoms with Gasteiger partial charge < -0.3 is 10.6 Å². The highest BCUT2D eigenvalue weighted by Crippen LogP contribution is 2.28. The molecule has 0 spiro atoms. The Morgan fingerprint density at radius 3 is 2.85 bits per heavy atom. The van der Waals surface area contributed by atoms with Crippen LogP contribution in [0, 0.1) is 18.8 Å². The number of nitrogens with zero attached hydrogens (tertiary/aromatic N) is 4.